The van der Waals surface area contributed by atoms with Gasteiger partial charge >= 0.3 is 0 Å². The van der Waals surface area contributed by atoms with Crippen molar-refractivity contribution in [3.8, 4) is 0 Å². The number of hydrogen-bond acceptors (Lipinski definition) is 0. The second-order valence-electron chi connectivity index (χ2n) is 7.55. The van der Waals surface area contributed by atoms with E-state index in [4.69, 9.17) is 0 Å². The number of imidazole rings is 1. The zero-order valence-electron chi connectivity index (χ0n) is 16.9. The smallest absolute Gasteiger partial charge is 0.244 e. The Bertz CT molecular complexity index is 408. The molecule has 0 radical (unpaired) electrons. The van der Waals surface area contributed by atoms with Gasteiger partial charge in [-0.1, -0.05) is 103 Å². The molecule has 1 aromatic rings. The minimum Gasteiger partial charge on any atom is -0.244 e. The van der Waals surface area contributed by atoms with Crippen LogP contribution >= 0.6 is 0 Å². The number of aromatic nitrogens is 2. The standard InChI is InChI=1S/C23H42N2/c1-3-5-6-7-8-9-10-11-12-13-14-15-16-17-18-19-21-25-22-20-24-23(25)4-2/h4,20,22H,2-3,5-19,21H2,1H3/p+1. The van der Waals surface area contributed by atoms with Gasteiger partial charge in [-0.2, -0.15) is 0 Å². The van der Waals surface area contributed by atoms with Crippen molar-refractivity contribution < 1.29 is 4.57 Å². The fourth-order valence-corrected chi connectivity index (χ4v) is 3.58. The van der Waals surface area contributed by atoms with Gasteiger partial charge in [-0.15, -0.1) is 0 Å². The van der Waals surface area contributed by atoms with Gasteiger partial charge in [0, 0.05) is 6.08 Å². The number of aromatic amines is 1. The van der Waals surface area contributed by atoms with E-state index < -0.39 is 0 Å². The van der Waals surface area contributed by atoms with Gasteiger partial charge in [-0.05, 0) is 12.8 Å². The molecular weight excluding hydrogens is 304 g/mol. The highest BCUT2D eigenvalue weighted by Crippen LogP contribution is 2.13. The average molecular weight is 348 g/mol. The van der Waals surface area contributed by atoms with Crippen LogP contribution in [0.15, 0.2) is 19.0 Å². The first-order valence-electron chi connectivity index (χ1n) is 11.1. The second-order valence-corrected chi connectivity index (χ2v) is 7.55. The van der Waals surface area contributed by atoms with E-state index in [1.165, 1.54) is 103 Å². The molecule has 0 unspecified atom stereocenters. The predicted octanol–water partition coefficient (Wildman–Crippen LogP) is 7.21. The minimum atomic E-state index is 1.11. The van der Waals surface area contributed by atoms with Gasteiger partial charge in [-0.25, -0.2) is 9.55 Å². The Labute approximate surface area is 157 Å². The van der Waals surface area contributed by atoms with Gasteiger partial charge in [-0.3, -0.25) is 0 Å². The molecule has 2 heteroatoms. The van der Waals surface area contributed by atoms with E-state index in [0.717, 1.165) is 12.4 Å². The minimum absolute atomic E-state index is 1.11. The summed E-state index contributed by atoms with van der Waals surface area (Å²) in [5, 5.41) is 0. The first-order chi connectivity index (χ1) is 12.4. The summed E-state index contributed by atoms with van der Waals surface area (Å²) in [5.74, 6) is 1.13. The SMILES string of the molecule is C=Cc1[nH]cc[n+]1CCCCCCCCCCCCCCCCCC. The van der Waals surface area contributed by atoms with E-state index in [9.17, 15) is 0 Å². The van der Waals surface area contributed by atoms with Crippen molar-refractivity contribution in [2.75, 3.05) is 0 Å². The van der Waals surface area contributed by atoms with Gasteiger partial charge < -0.3 is 0 Å². The Morgan fingerprint density at radius 2 is 1.20 bits per heavy atom. The zero-order valence-corrected chi connectivity index (χ0v) is 16.9. The van der Waals surface area contributed by atoms with Gasteiger partial charge in [0.05, 0.1) is 6.54 Å². The molecule has 1 heterocycles. The van der Waals surface area contributed by atoms with Crippen molar-refractivity contribution in [2.45, 2.75) is 116 Å². The van der Waals surface area contributed by atoms with Crippen molar-refractivity contribution >= 4 is 6.08 Å². The molecule has 0 aliphatic rings. The molecule has 0 fully saturated rings. The molecule has 0 saturated heterocycles. The lowest BCUT2D eigenvalue weighted by molar-refractivity contribution is -0.697. The fourth-order valence-electron chi connectivity index (χ4n) is 3.58. The van der Waals surface area contributed by atoms with E-state index in [0.29, 0.717) is 0 Å². The Hall–Kier alpha value is -1.05. The molecule has 0 bridgehead atoms. The maximum absolute atomic E-state index is 3.84. The van der Waals surface area contributed by atoms with Crippen LogP contribution in [0.1, 0.15) is 115 Å². The Kier molecular flexibility index (Phi) is 14.4. The molecule has 0 saturated carbocycles. The quantitative estimate of drug-likeness (QED) is 0.214. The second kappa shape index (κ2) is 16.4. The lowest BCUT2D eigenvalue weighted by atomic mass is 10.0. The summed E-state index contributed by atoms with van der Waals surface area (Å²) in [6, 6.07) is 0. The number of H-pyrrole nitrogens is 1. The molecule has 0 aliphatic carbocycles. The molecule has 0 atom stereocenters. The van der Waals surface area contributed by atoms with Crippen LogP contribution in [-0.4, -0.2) is 4.98 Å². The molecule has 1 rings (SSSR count). The number of aryl methyl sites for hydroxylation is 1. The van der Waals surface area contributed by atoms with Crippen LogP contribution in [-0.2, 0) is 6.54 Å². The first kappa shape index (κ1) is 22.0. The van der Waals surface area contributed by atoms with Gasteiger partial charge in [0.15, 0.2) is 0 Å². The van der Waals surface area contributed by atoms with Crippen LogP contribution in [0, 0.1) is 0 Å². The van der Waals surface area contributed by atoms with E-state index in [2.05, 4.69) is 29.3 Å². The van der Waals surface area contributed by atoms with Crippen LogP contribution in [0.2, 0.25) is 0 Å². The third-order valence-electron chi connectivity index (χ3n) is 5.24. The van der Waals surface area contributed by atoms with Crippen LogP contribution in [0.3, 0.4) is 0 Å². The summed E-state index contributed by atoms with van der Waals surface area (Å²) in [7, 11) is 0. The summed E-state index contributed by atoms with van der Waals surface area (Å²) in [6.45, 7) is 7.24. The largest absolute Gasteiger partial charge is 0.278 e. The van der Waals surface area contributed by atoms with E-state index in [1.807, 2.05) is 12.3 Å². The summed E-state index contributed by atoms with van der Waals surface area (Å²) in [5.41, 5.74) is 0. The topological polar surface area (TPSA) is 19.7 Å². The zero-order chi connectivity index (χ0) is 18.0. The molecule has 0 amide bonds. The molecule has 0 aromatic carbocycles. The van der Waals surface area contributed by atoms with Gasteiger partial charge in [0.2, 0.25) is 0 Å². The molecule has 0 aliphatic heterocycles. The fraction of sp³-hybridized carbons (Fsp3) is 0.783. The van der Waals surface area contributed by atoms with Crippen LogP contribution < -0.4 is 4.57 Å². The molecule has 1 N–H and O–H groups in total. The maximum atomic E-state index is 3.84. The van der Waals surface area contributed by atoms with E-state index in [-0.39, 0.29) is 0 Å². The summed E-state index contributed by atoms with van der Waals surface area (Å²) in [4.78, 5) is 3.20. The van der Waals surface area contributed by atoms with Crippen LogP contribution in [0.5, 0.6) is 0 Å². The first-order valence-corrected chi connectivity index (χ1v) is 11.1. The van der Waals surface area contributed by atoms with Crippen molar-refractivity contribution in [1.82, 2.24) is 4.98 Å². The highest BCUT2D eigenvalue weighted by Gasteiger charge is 2.04. The highest BCUT2D eigenvalue weighted by molar-refractivity contribution is 5.31. The number of hydrogen-bond donors (Lipinski definition) is 1. The number of nitrogens with one attached hydrogen (secondary N) is 1. The monoisotopic (exact) mass is 347 g/mol. The van der Waals surface area contributed by atoms with Crippen molar-refractivity contribution in [3.05, 3.63) is 24.8 Å². The van der Waals surface area contributed by atoms with Gasteiger partial charge in [0.1, 0.15) is 12.4 Å². The Morgan fingerprint density at radius 3 is 1.64 bits per heavy atom. The number of rotatable bonds is 18. The van der Waals surface area contributed by atoms with Crippen molar-refractivity contribution in [3.63, 3.8) is 0 Å². The molecule has 1 aromatic heterocycles. The molecular formula is C23H43N2+. The Morgan fingerprint density at radius 1 is 0.760 bits per heavy atom. The van der Waals surface area contributed by atoms with Crippen molar-refractivity contribution in [2.24, 2.45) is 0 Å². The third-order valence-corrected chi connectivity index (χ3v) is 5.24. The molecule has 144 valence electrons. The van der Waals surface area contributed by atoms with Crippen LogP contribution in [0.4, 0.5) is 0 Å². The lowest BCUT2D eigenvalue weighted by Crippen LogP contribution is -2.34. The third kappa shape index (κ3) is 12.0. The predicted molar refractivity (Wildman–Crippen MR) is 111 cm³/mol. The lowest BCUT2D eigenvalue weighted by Gasteiger charge is -2.03. The maximum Gasteiger partial charge on any atom is 0.278 e. The van der Waals surface area contributed by atoms with E-state index in [1.54, 1.807) is 0 Å². The summed E-state index contributed by atoms with van der Waals surface area (Å²) in [6.07, 6.45) is 28.8. The molecule has 25 heavy (non-hydrogen) atoms. The van der Waals surface area contributed by atoms with Crippen molar-refractivity contribution in [1.29, 1.82) is 0 Å². The Balaban J connectivity index is 1.75. The summed E-state index contributed by atoms with van der Waals surface area (Å²) >= 11 is 0. The average Bonchev–Trinajstić information content (AvgIpc) is 3.09. The van der Waals surface area contributed by atoms with Crippen LogP contribution in [0.25, 0.3) is 6.08 Å². The molecule has 0 spiro atoms. The van der Waals surface area contributed by atoms with E-state index >= 15 is 0 Å². The van der Waals surface area contributed by atoms with Gasteiger partial charge in [0.25, 0.3) is 5.82 Å². The normalized spacial score (nSPS) is 11.1. The molecule has 2 nitrogen and oxygen atoms in total. The number of nitrogens with zero attached hydrogens (tertiary/aromatic N) is 1. The summed E-state index contributed by atoms with van der Waals surface area (Å²) < 4.78 is 2.26. The highest BCUT2D eigenvalue weighted by atomic mass is 15.0. The number of unbranched alkanes of at least 4 members (excludes halogenated alkanes) is 15.